The molecule has 0 saturated carbocycles. The molecule has 0 bridgehead atoms. The van der Waals surface area contributed by atoms with Crippen LogP contribution in [-0.4, -0.2) is 34.7 Å². The van der Waals surface area contributed by atoms with Crippen LogP contribution >= 0.6 is 27.7 Å². The molecule has 1 aromatic rings. The molecule has 3 amide bonds. The monoisotopic (exact) mass is 357 g/mol. The average molecular weight is 358 g/mol. The van der Waals surface area contributed by atoms with Gasteiger partial charge in [-0.25, -0.2) is 4.79 Å². The van der Waals surface area contributed by atoms with Crippen LogP contribution in [0.15, 0.2) is 27.6 Å². The molecule has 1 aliphatic rings. The summed E-state index contributed by atoms with van der Waals surface area (Å²) in [6.07, 6.45) is 0. The van der Waals surface area contributed by atoms with Crippen LogP contribution < -0.4 is 11.1 Å². The zero-order chi connectivity index (χ0) is 14.9. The van der Waals surface area contributed by atoms with Gasteiger partial charge in [-0.1, -0.05) is 0 Å². The Bertz CT molecular complexity index is 563. The number of urea groups is 1. The first kappa shape index (κ1) is 15.2. The Balaban J connectivity index is 1.93. The van der Waals surface area contributed by atoms with Crippen molar-refractivity contribution in [3.8, 4) is 0 Å². The largest absolute Gasteiger partial charge is 0.399 e. The van der Waals surface area contributed by atoms with E-state index in [1.54, 1.807) is 25.6 Å². The van der Waals surface area contributed by atoms with Crippen molar-refractivity contribution in [2.75, 3.05) is 18.0 Å². The van der Waals surface area contributed by atoms with Gasteiger partial charge in [0.2, 0.25) is 0 Å². The maximum Gasteiger partial charge on any atom is 0.325 e. The molecule has 2 rings (SSSR count). The average Bonchev–Trinajstić information content (AvgIpc) is 2.53. The number of imide groups is 1. The summed E-state index contributed by atoms with van der Waals surface area (Å²) in [7, 11) is 0. The highest BCUT2D eigenvalue weighted by Gasteiger charge is 2.43. The molecule has 3 N–H and O–H groups in total. The molecular formula is C13H16BrN3O2S. The molecule has 1 aliphatic heterocycles. The smallest absolute Gasteiger partial charge is 0.325 e. The van der Waals surface area contributed by atoms with Crippen LogP contribution in [0.5, 0.6) is 0 Å². The van der Waals surface area contributed by atoms with Gasteiger partial charge in [0, 0.05) is 27.4 Å². The maximum atomic E-state index is 12.0. The standard InChI is InChI=1S/C13H16BrN3O2S/c1-13(2)11(18)17(12(19)16-13)5-6-20-10-4-3-8(15)7-9(10)14/h3-4,7H,5-6,15H2,1-2H3,(H,16,19). The quantitative estimate of drug-likeness (QED) is 0.493. The van der Waals surface area contributed by atoms with Crippen LogP contribution in [0, 0.1) is 0 Å². The summed E-state index contributed by atoms with van der Waals surface area (Å²) in [6.45, 7) is 3.80. The minimum atomic E-state index is -0.802. The molecular weight excluding hydrogens is 342 g/mol. The van der Waals surface area contributed by atoms with Crippen molar-refractivity contribution in [1.29, 1.82) is 0 Å². The number of anilines is 1. The number of nitrogen functional groups attached to an aromatic ring is 1. The first-order chi connectivity index (χ1) is 9.31. The lowest BCUT2D eigenvalue weighted by molar-refractivity contribution is -0.130. The number of benzene rings is 1. The van der Waals surface area contributed by atoms with E-state index < -0.39 is 5.54 Å². The molecule has 0 aliphatic carbocycles. The first-order valence-corrected chi connectivity index (χ1v) is 7.91. The predicted molar refractivity (Wildman–Crippen MR) is 83.6 cm³/mol. The Kier molecular flexibility index (Phi) is 4.29. The predicted octanol–water partition coefficient (Wildman–Crippen LogP) is 2.45. The van der Waals surface area contributed by atoms with Crippen LogP contribution in [0.1, 0.15) is 13.8 Å². The number of hydrogen-bond donors (Lipinski definition) is 2. The van der Waals surface area contributed by atoms with Gasteiger partial charge in [-0.2, -0.15) is 0 Å². The van der Waals surface area contributed by atoms with E-state index >= 15 is 0 Å². The van der Waals surface area contributed by atoms with Crippen molar-refractivity contribution in [3.63, 3.8) is 0 Å². The van der Waals surface area contributed by atoms with Gasteiger partial charge in [0.05, 0.1) is 0 Å². The minimum Gasteiger partial charge on any atom is -0.399 e. The number of nitrogens with one attached hydrogen (secondary N) is 1. The number of carbonyl (C=O) groups is 2. The maximum absolute atomic E-state index is 12.0. The van der Waals surface area contributed by atoms with Gasteiger partial charge < -0.3 is 11.1 Å². The van der Waals surface area contributed by atoms with Crippen LogP contribution in [0.25, 0.3) is 0 Å². The summed E-state index contributed by atoms with van der Waals surface area (Å²) in [4.78, 5) is 26.0. The van der Waals surface area contributed by atoms with Crippen molar-refractivity contribution in [1.82, 2.24) is 10.2 Å². The second-order valence-corrected chi connectivity index (χ2v) is 7.04. The van der Waals surface area contributed by atoms with E-state index in [0.717, 1.165) is 9.37 Å². The number of halogens is 1. The lowest BCUT2D eigenvalue weighted by Crippen LogP contribution is -2.40. The molecule has 0 radical (unpaired) electrons. The molecule has 108 valence electrons. The highest BCUT2D eigenvalue weighted by Crippen LogP contribution is 2.29. The topological polar surface area (TPSA) is 75.4 Å². The molecule has 0 aromatic heterocycles. The van der Waals surface area contributed by atoms with Crippen LogP contribution in [-0.2, 0) is 4.79 Å². The van der Waals surface area contributed by atoms with E-state index in [2.05, 4.69) is 21.2 Å². The minimum absolute atomic E-state index is 0.181. The summed E-state index contributed by atoms with van der Waals surface area (Å²) in [5.41, 5.74) is 5.57. The second-order valence-electron chi connectivity index (χ2n) is 5.05. The van der Waals surface area contributed by atoms with Gasteiger partial charge >= 0.3 is 6.03 Å². The molecule has 0 spiro atoms. The molecule has 7 heteroatoms. The zero-order valence-electron chi connectivity index (χ0n) is 11.3. The SMILES string of the molecule is CC1(C)NC(=O)N(CCSc2ccc(N)cc2Br)C1=O. The Labute approximate surface area is 130 Å². The van der Waals surface area contributed by atoms with Crippen LogP contribution in [0.3, 0.4) is 0 Å². The van der Waals surface area contributed by atoms with Gasteiger partial charge in [-0.3, -0.25) is 9.69 Å². The lowest BCUT2D eigenvalue weighted by atomic mass is 10.1. The molecule has 1 saturated heterocycles. The number of nitrogens with two attached hydrogens (primary N) is 1. The summed E-state index contributed by atoms with van der Waals surface area (Å²) < 4.78 is 0.917. The van der Waals surface area contributed by atoms with Crippen molar-refractivity contribution in [2.45, 2.75) is 24.3 Å². The highest BCUT2D eigenvalue weighted by molar-refractivity contribution is 9.10. The number of carbonyl (C=O) groups excluding carboxylic acids is 2. The number of thioether (sulfide) groups is 1. The number of nitrogens with zero attached hydrogens (tertiary/aromatic N) is 1. The fraction of sp³-hybridized carbons (Fsp3) is 0.385. The summed E-state index contributed by atoms with van der Waals surface area (Å²) in [5, 5.41) is 2.66. The summed E-state index contributed by atoms with van der Waals surface area (Å²) >= 11 is 5.01. The Morgan fingerprint density at radius 3 is 2.65 bits per heavy atom. The van der Waals surface area contributed by atoms with Crippen molar-refractivity contribution in [2.24, 2.45) is 0 Å². The Morgan fingerprint density at radius 1 is 1.40 bits per heavy atom. The molecule has 1 fully saturated rings. The molecule has 0 atom stereocenters. The third-order valence-corrected chi connectivity index (χ3v) is 4.95. The molecule has 1 heterocycles. The van der Waals surface area contributed by atoms with E-state index in [1.165, 1.54) is 4.90 Å². The molecule has 0 unspecified atom stereocenters. The van der Waals surface area contributed by atoms with E-state index in [-0.39, 0.29) is 11.9 Å². The molecule has 5 nitrogen and oxygen atoms in total. The van der Waals surface area contributed by atoms with E-state index in [4.69, 9.17) is 5.73 Å². The summed E-state index contributed by atoms with van der Waals surface area (Å²) in [6, 6.07) is 5.25. The first-order valence-electron chi connectivity index (χ1n) is 6.13. The van der Waals surface area contributed by atoms with Gasteiger partial charge in [0.15, 0.2) is 0 Å². The lowest BCUT2D eigenvalue weighted by Gasteiger charge is -2.15. The van der Waals surface area contributed by atoms with Crippen LogP contribution in [0.2, 0.25) is 0 Å². The third kappa shape index (κ3) is 3.09. The second kappa shape index (κ2) is 5.65. The van der Waals surface area contributed by atoms with Gasteiger partial charge in [-0.15, -0.1) is 11.8 Å². The third-order valence-electron chi connectivity index (χ3n) is 2.97. The van der Waals surface area contributed by atoms with Crippen molar-refractivity contribution in [3.05, 3.63) is 22.7 Å². The van der Waals surface area contributed by atoms with Crippen molar-refractivity contribution < 1.29 is 9.59 Å². The van der Waals surface area contributed by atoms with Gasteiger partial charge in [-0.05, 0) is 48.0 Å². The normalized spacial score (nSPS) is 17.4. The highest BCUT2D eigenvalue weighted by atomic mass is 79.9. The fourth-order valence-electron chi connectivity index (χ4n) is 1.90. The van der Waals surface area contributed by atoms with Crippen molar-refractivity contribution >= 4 is 45.3 Å². The number of amides is 3. The number of rotatable bonds is 4. The van der Waals surface area contributed by atoms with E-state index in [1.807, 2.05) is 18.2 Å². The van der Waals surface area contributed by atoms with Gasteiger partial charge in [0.25, 0.3) is 5.91 Å². The van der Waals surface area contributed by atoms with Crippen LogP contribution in [0.4, 0.5) is 10.5 Å². The molecule has 20 heavy (non-hydrogen) atoms. The zero-order valence-corrected chi connectivity index (χ0v) is 13.7. The van der Waals surface area contributed by atoms with E-state index in [9.17, 15) is 9.59 Å². The number of hydrogen-bond acceptors (Lipinski definition) is 4. The Morgan fingerprint density at radius 2 is 2.10 bits per heavy atom. The van der Waals surface area contributed by atoms with E-state index in [0.29, 0.717) is 18.0 Å². The van der Waals surface area contributed by atoms with Gasteiger partial charge in [0.1, 0.15) is 5.54 Å². The fourth-order valence-corrected chi connectivity index (χ4v) is 3.50. The Hall–Kier alpha value is -1.21. The molecule has 1 aromatic carbocycles. The summed E-state index contributed by atoms with van der Waals surface area (Å²) in [5.74, 6) is 0.456.